The second-order valence-corrected chi connectivity index (χ2v) is 8.88. The van der Waals surface area contributed by atoms with Gasteiger partial charge in [-0.2, -0.15) is 15.3 Å². The molecule has 1 amide bonds. The molecule has 0 fully saturated rings. The molecule has 7 heterocycles. The van der Waals surface area contributed by atoms with E-state index in [9.17, 15) is 9.18 Å². The third kappa shape index (κ3) is 3.05. The van der Waals surface area contributed by atoms with Crippen LogP contribution in [0.3, 0.4) is 0 Å². The quantitative estimate of drug-likeness (QED) is 0.419. The molecule has 6 aromatic rings. The number of aromatic amines is 1. The Kier molecular flexibility index (Phi) is 4.34. The molecule has 0 bridgehead atoms. The van der Waals surface area contributed by atoms with Crippen molar-refractivity contribution in [2.75, 3.05) is 6.54 Å². The summed E-state index contributed by atoms with van der Waals surface area (Å²) in [5.74, 6) is -0.561. The highest BCUT2D eigenvalue weighted by Gasteiger charge is 2.37. The van der Waals surface area contributed by atoms with Crippen LogP contribution in [0.5, 0.6) is 0 Å². The smallest absolute Gasteiger partial charge is 0.258 e. The lowest BCUT2D eigenvalue weighted by molar-refractivity contribution is 0.0689. The van der Waals surface area contributed by atoms with Crippen LogP contribution in [-0.2, 0) is 13.5 Å². The van der Waals surface area contributed by atoms with Gasteiger partial charge in [0.25, 0.3) is 5.91 Å². The third-order valence-electron chi connectivity index (χ3n) is 6.72. The van der Waals surface area contributed by atoms with Crippen LogP contribution in [0, 0.1) is 5.82 Å². The largest absolute Gasteiger partial charge is 0.348 e. The van der Waals surface area contributed by atoms with Crippen molar-refractivity contribution in [2.24, 2.45) is 7.05 Å². The van der Waals surface area contributed by atoms with Crippen LogP contribution in [-0.4, -0.2) is 56.3 Å². The van der Waals surface area contributed by atoms with Crippen molar-refractivity contribution >= 4 is 16.9 Å². The molecule has 0 saturated carbocycles. The van der Waals surface area contributed by atoms with Gasteiger partial charge in [0.15, 0.2) is 0 Å². The van der Waals surface area contributed by atoms with Crippen LogP contribution >= 0.6 is 0 Å². The van der Waals surface area contributed by atoms with E-state index in [0.29, 0.717) is 41.0 Å². The van der Waals surface area contributed by atoms with Crippen molar-refractivity contribution in [1.29, 1.82) is 0 Å². The fraction of sp³-hybridized carbons (Fsp3) is 0.160. The Morgan fingerprint density at radius 1 is 1.08 bits per heavy atom. The maximum absolute atomic E-state index is 14.4. The molecule has 0 radical (unpaired) electrons. The zero-order chi connectivity index (χ0) is 24.4. The van der Waals surface area contributed by atoms with E-state index in [0.717, 1.165) is 16.8 Å². The van der Waals surface area contributed by atoms with Crippen LogP contribution in [0.1, 0.15) is 33.5 Å². The summed E-state index contributed by atoms with van der Waals surface area (Å²) in [7, 11) is 1.87. The van der Waals surface area contributed by atoms with Gasteiger partial charge in [-0.3, -0.25) is 9.48 Å². The summed E-state index contributed by atoms with van der Waals surface area (Å²) in [5.41, 5.74) is 5.65. The number of hydrogen-bond donors (Lipinski definition) is 1. The number of rotatable bonds is 3. The number of H-pyrrole nitrogens is 1. The normalized spacial score (nSPS) is 15.6. The summed E-state index contributed by atoms with van der Waals surface area (Å²) >= 11 is 0. The summed E-state index contributed by atoms with van der Waals surface area (Å²) in [4.78, 5) is 23.4. The van der Waals surface area contributed by atoms with E-state index in [-0.39, 0.29) is 11.7 Å². The first-order valence-corrected chi connectivity index (χ1v) is 11.5. The first-order valence-electron chi connectivity index (χ1n) is 11.5. The Bertz CT molecular complexity index is 1770. The minimum absolute atomic E-state index is 0.185. The summed E-state index contributed by atoms with van der Waals surface area (Å²) in [6.07, 6.45) is 11.1. The number of pyridine rings is 2. The van der Waals surface area contributed by atoms with Gasteiger partial charge in [-0.1, -0.05) is 6.07 Å². The molecule has 0 unspecified atom stereocenters. The van der Waals surface area contributed by atoms with E-state index < -0.39 is 6.04 Å². The Hall–Kier alpha value is -4.80. The minimum Gasteiger partial charge on any atom is -0.348 e. The van der Waals surface area contributed by atoms with Gasteiger partial charge in [0.05, 0.1) is 41.2 Å². The fourth-order valence-electron chi connectivity index (χ4n) is 4.97. The molecule has 1 aliphatic heterocycles. The Balaban J connectivity index is 1.31. The molecule has 7 rings (SSSR count). The maximum atomic E-state index is 14.4. The zero-order valence-electron chi connectivity index (χ0n) is 19.2. The topological polar surface area (TPSA) is 101 Å². The van der Waals surface area contributed by atoms with Crippen molar-refractivity contribution in [1.82, 2.24) is 43.9 Å². The molecule has 0 aliphatic carbocycles. The van der Waals surface area contributed by atoms with Crippen LogP contribution in [0.4, 0.5) is 4.39 Å². The summed E-state index contributed by atoms with van der Waals surface area (Å²) in [6.45, 7) is 0.458. The van der Waals surface area contributed by atoms with E-state index in [1.807, 2.05) is 31.6 Å². The number of hydrogen-bond acceptors (Lipinski definition) is 5. The monoisotopic (exact) mass is 481 g/mol. The number of fused-ring (bicyclic) bond motifs is 3. The van der Waals surface area contributed by atoms with Crippen LogP contribution in [0.2, 0.25) is 0 Å². The first-order chi connectivity index (χ1) is 17.6. The Morgan fingerprint density at radius 3 is 2.83 bits per heavy atom. The van der Waals surface area contributed by atoms with Crippen LogP contribution < -0.4 is 0 Å². The number of aromatic nitrogens is 8. The first kappa shape index (κ1) is 20.6. The highest BCUT2D eigenvalue weighted by molar-refractivity contribution is 6.01. The highest BCUT2D eigenvalue weighted by Crippen LogP contribution is 2.35. The van der Waals surface area contributed by atoms with Gasteiger partial charge in [-0.25, -0.2) is 18.4 Å². The van der Waals surface area contributed by atoms with Gasteiger partial charge in [-0.15, -0.1) is 0 Å². The van der Waals surface area contributed by atoms with Crippen molar-refractivity contribution in [3.63, 3.8) is 0 Å². The number of amides is 1. The van der Waals surface area contributed by atoms with Crippen molar-refractivity contribution in [3.05, 3.63) is 96.1 Å². The predicted octanol–water partition coefficient (Wildman–Crippen LogP) is 3.03. The molecule has 1 N–H and O–H groups in total. The highest BCUT2D eigenvalue weighted by atomic mass is 19.1. The number of nitrogens with zero attached hydrogens (tertiary/aromatic N) is 8. The van der Waals surface area contributed by atoms with Crippen LogP contribution in [0.15, 0.2) is 67.6 Å². The predicted molar refractivity (Wildman–Crippen MR) is 128 cm³/mol. The lowest BCUT2D eigenvalue weighted by Gasteiger charge is -2.33. The summed E-state index contributed by atoms with van der Waals surface area (Å²) in [6, 6.07) is 7.96. The average Bonchev–Trinajstić information content (AvgIpc) is 3.68. The Labute approximate surface area is 203 Å². The third-order valence-corrected chi connectivity index (χ3v) is 6.72. The second-order valence-electron chi connectivity index (χ2n) is 8.88. The number of halogens is 1. The summed E-state index contributed by atoms with van der Waals surface area (Å²) in [5, 5.41) is 13.3. The van der Waals surface area contributed by atoms with E-state index in [4.69, 9.17) is 0 Å². The molecule has 0 spiro atoms. The number of carbonyl (C=O) groups is 1. The molecule has 6 aromatic heterocycles. The summed E-state index contributed by atoms with van der Waals surface area (Å²) < 4.78 is 19.4. The fourth-order valence-corrected chi connectivity index (χ4v) is 4.97. The molecule has 178 valence electrons. The SMILES string of the molecule is Cn1cc(-c2ccc3c(C(=O)N4CCc5[nH]cnc5[C@@H]4c4cc5c(F)cccn5n4)cnn3c2)cn1. The average molecular weight is 481 g/mol. The molecule has 36 heavy (non-hydrogen) atoms. The molecule has 11 heteroatoms. The van der Waals surface area contributed by atoms with Crippen molar-refractivity contribution in [2.45, 2.75) is 12.5 Å². The van der Waals surface area contributed by atoms with Gasteiger partial charge < -0.3 is 9.88 Å². The van der Waals surface area contributed by atoms with Gasteiger partial charge in [0.1, 0.15) is 17.4 Å². The number of carbonyl (C=O) groups excluding carboxylic acids is 1. The zero-order valence-corrected chi connectivity index (χ0v) is 19.2. The van der Waals surface area contributed by atoms with E-state index >= 15 is 0 Å². The number of imidazole rings is 1. The van der Waals surface area contributed by atoms with Gasteiger partial charge in [0, 0.05) is 55.4 Å². The van der Waals surface area contributed by atoms with Gasteiger partial charge in [-0.05, 0) is 24.3 Å². The molecule has 10 nitrogen and oxygen atoms in total. The molecule has 0 saturated heterocycles. The lowest BCUT2D eigenvalue weighted by atomic mass is 9.98. The van der Waals surface area contributed by atoms with Gasteiger partial charge in [0.2, 0.25) is 0 Å². The standard InChI is InChI=1S/C25H20FN9O/c1-32-12-16(10-29-32)15-4-5-21-17(11-30-35(21)13-15)25(36)33-8-6-19-23(28-14-27-19)24(33)20-9-22-18(26)3-2-7-34(22)31-20/h2-5,7,9-14,24H,6,8H2,1H3,(H,27,28)/t24-/m0/s1. The van der Waals surface area contributed by atoms with Gasteiger partial charge >= 0.3 is 0 Å². The number of nitrogens with one attached hydrogen (secondary N) is 1. The van der Waals surface area contributed by atoms with Crippen LogP contribution in [0.25, 0.3) is 22.2 Å². The molecule has 1 atom stereocenters. The Morgan fingerprint density at radius 2 is 2.00 bits per heavy atom. The van der Waals surface area contributed by atoms with E-state index in [1.54, 1.807) is 51.1 Å². The lowest BCUT2D eigenvalue weighted by Crippen LogP contribution is -2.41. The van der Waals surface area contributed by atoms with E-state index in [1.165, 1.54) is 10.6 Å². The minimum atomic E-state index is -0.559. The molecular weight excluding hydrogens is 461 g/mol. The molecular formula is C25H20FN9O. The maximum Gasteiger partial charge on any atom is 0.258 e. The molecule has 1 aliphatic rings. The second kappa shape index (κ2) is 7.60. The number of aryl methyl sites for hydroxylation is 1. The molecule has 0 aromatic carbocycles. The van der Waals surface area contributed by atoms with Crippen molar-refractivity contribution < 1.29 is 9.18 Å². The van der Waals surface area contributed by atoms with Crippen molar-refractivity contribution in [3.8, 4) is 11.1 Å². The van der Waals surface area contributed by atoms with E-state index in [2.05, 4.69) is 25.3 Å².